The molecule has 0 aliphatic rings. The molecule has 0 aromatic heterocycles. The monoisotopic (exact) mass is 248 g/mol. The Morgan fingerprint density at radius 1 is 1.31 bits per heavy atom. The Labute approximate surface area is 99.0 Å². The van der Waals surface area contributed by atoms with Gasteiger partial charge in [0, 0.05) is 5.02 Å². The maximum atomic E-state index is 12.7. The molecule has 0 saturated heterocycles. The average molecular weight is 249 g/mol. The molecule has 0 amide bonds. The van der Waals surface area contributed by atoms with Gasteiger partial charge in [0.05, 0.1) is 11.5 Å². The van der Waals surface area contributed by atoms with Gasteiger partial charge in [-0.05, 0) is 24.1 Å². The van der Waals surface area contributed by atoms with E-state index in [1.807, 2.05) is 0 Å². The van der Waals surface area contributed by atoms with Crippen molar-refractivity contribution in [2.24, 2.45) is 5.92 Å². The molecule has 16 heavy (non-hydrogen) atoms. The van der Waals surface area contributed by atoms with Gasteiger partial charge in [-0.2, -0.15) is 0 Å². The first-order valence-corrected chi connectivity index (χ1v) is 5.56. The molecule has 0 heterocycles. The molecule has 4 heteroatoms. The van der Waals surface area contributed by atoms with E-state index in [1.54, 1.807) is 31.2 Å². The summed E-state index contributed by atoms with van der Waals surface area (Å²) in [4.78, 5) is 0. The minimum atomic E-state index is -2.55. The van der Waals surface area contributed by atoms with Crippen molar-refractivity contribution in [2.75, 3.05) is 0 Å². The van der Waals surface area contributed by atoms with Crippen molar-refractivity contribution in [3.63, 3.8) is 0 Å². The molecule has 0 radical (unpaired) electrons. The van der Waals surface area contributed by atoms with Crippen molar-refractivity contribution in [1.29, 1.82) is 0 Å². The van der Waals surface area contributed by atoms with E-state index in [4.69, 9.17) is 11.6 Å². The van der Waals surface area contributed by atoms with E-state index in [9.17, 15) is 13.9 Å². The SMILES string of the molecule is CCC(O)(c1ccc(Cl)cc1)C(C)C(F)F. The van der Waals surface area contributed by atoms with E-state index in [0.717, 1.165) is 0 Å². The minimum Gasteiger partial charge on any atom is -0.385 e. The molecular weight excluding hydrogens is 234 g/mol. The molecule has 2 atom stereocenters. The molecule has 1 N–H and O–H groups in total. The summed E-state index contributed by atoms with van der Waals surface area (Å²) in [6.07, 6.45) is -2.32. The summed E-state index contributed by atoms with van der Waals surface area (Å²) in [7, 11) is 0. The zero-order valence-corrected chi connectivity index (χ0v) is 10.0. The van der Waals surface area contributed by atoms with E-state index in [-0.39, 0.29) is 6.42 Å². The zero-order chi connectivity index (χ0) is 12.3. The Morgan fingerprint density at radius 3 is 2.19 bits per heavy atom. The highest BCUT2D eigenvalue weighted by molar-refractivity contribution is 6.30. The summed E-state index contributed by atoms with van der Waals surface area (Å²) in [6, 6.07) is 6.36. The zero-order valence-electron chi connectivity index (χ0n) is 9.25. The van der Waals surface area contributed by atoms with Crippen LogP contribution in [-0.4, -0.2) is 11.5 Å². The van der Waals surface area contributed by atoms with Gasteiger partial charge in [-0.1, -0.05) is 37.6 Å². The number of hydrogen-bond donors (Lipinski definition) is 1. The summed E-state index contributed by atoms with van der Waals surface area (Å²) < 4.78 is 25.4. The second-order valence-electron chi connectivity index (χ2n) is 3.91. The number of halogens is 3. The molecule has 90 valence electrons. The summed E-state index contributed by atoms with van der Waals surface area (Å²) >= 11 is 5.72. The van der Waals surface area contributed by atoms with Crippen molar-refractivity contribution in [2.45, 2.75) is 32.3 Å². The third kappa shape index (κ3) is 2.53. The molecular formula is C12H15ClF2O. The van der Waals surface area contributed by atoms with Crippen LogP contribution in [0.3, 0.4) is 0 Å². The van der Waals surface area contributed by atoms with Crippen molar-refractivity contribution >= 4 is 11.6 Å². The van der Waals surface area contributed by atoms with Crippen molar-refractivity contribution in [1.82, 2.24) is 0 Å². The van der Waals surface area contributed by atoms with Gasteiger partial charge in [0.2, 0.25) is 6.43 Å². The van der Waals surface area contributed by atoms with E-state index in [2.05, 4.69) is 0 Å². The second kappa shape index (κ2) is 5.11. The number of alkyl halides is 2. The van der Waals surface area contributed by atoms with Crippen LogP contribution in [0.1, 0.15) is 25.8 Å². The summed E-state index contributed by atoms with van der Waals surface area (Å²) in [6.45, 7) is 3.04. The Kier molecular flexibility index (Phi) is 4.28. The lowest BCUT2D eigenvalue weighted by Gasteiger charge is -2.33. The number of aliphatic hydroxyl groups is 1. The van der Waals surface area contributed by atoms with Crippen LogP contribution in [0.4, 0.5) is 8.78 Å². The van der Waals surface area contributed by atoms with Crippen LogP contribution in [-0.2, 0) is 5.60 Å². The largest absolute Gasteiger partial charge is 0.385 e. The fraction of sp³-hybridized carbons (Fsp3) is 0.500. The summed E-state index contributed by atoms with van der Waals surface area (Å²) in [5.74, 6) is -1.11. The Morgan fingerprint density at radius 2 is 1.81 bits per heavy atom. The molecule has 0 saturated carbocycles. The van der Waals surface area contributed by atoms with E-state index in [0.29, 0.717) is 10.6 Å². The predicted molar refractivity (Wildman–Crippen MR) is 60.8 cm³/mol. The Hall–Kier alpha value is -0.670. The molecule has 0 aliphatic heterocycles. The molecule has 1 nitrogen and oxygen atoms in total. The fourth-order valence-corrected chi connectivity index (χ4v) is 1.86. The lowest BCUT2D eigenvalue weighted by Crippen LogP contribution is -2.36. The van der Waals surface area contributed by atoms with Gasteiger partial charge in [0.15, 0.2) is 0 Å². The maximum Gasteiger partial charge on any atom is 0.244 e. The number of rotatable bonds is 4. The highest BCUT2D eigenvalue weighted by Gasteiger charge is 2.39. The minimum absolute atomic E-state index is 0.236. The lowest BCUT2D eigenvalue weighted by atomic mass is 9.80. The van der Waals surface area contributed by atoms with E-state index < -0.39 is 17.9 Å². The summed E-state index contributed by atoms with van der Waals surface area (Å²) in [5, 5.41) is 10.8. The first-order chi connectivity index (χ1) is 7.41. The van der Waals surface area contributed by atoms with Gasteiger partial charge < -0.3 is 5.11 Å². The van der Waals surface area contributed by atoms with Crippen molar-refractivity contribution < 1.29 is 13.9 Å². The first kappa shape index (κ1) is 13.4. The molecule has 1 aromatic rings. The third-order valence-electron chi connectivity index (χ3n) is 3.01. The van der Waals surface area contributed by atoms with Crippen LogP contribution in [0.2, 0.25) is 5.02 Å². The average Bonchev–Trinajstić information content (AvgIpc) is 2.27. The van der Waals surface area contributed by atoms with Crippen LogP contribution in [0.25, 0.3) is 0 Å². The van der Waals surface area contributed by atoms with Crippen LogP contribution >= 0.6 is 11.6 Å². The van der Waals surface area contributed by atoms with Crippen LogP contribution in [0, 0.1) is 5.92 Å². The summed E-state index contributed by atoms with van der Waals surface area (Å²) in [5.41, 5.74) is -1.02. The van der Waals surface area contributed by atoms with Gasteiger partial charge in [-0.15, -0.1) is 0 Å². The lowest BCUT2D eigenvalue weighted by molar-refractivity contribution is -0.0847. The third-order valence-corrected chi connectivity index (χ3v) is 3.27. The number of hydrogen-bond acceptors (Lipinski definition) is 1. The quantitative estimate of drug-likeness (QED) is 0.858. The standard InChI is InChI=1S/C12H15ClF2O/c1-3-12(16,8(2)11(14)15)9-4-6-10(13)7-5-9/h4-8,11,16H,3H2,1-2H3. The highest BCUT2D eigenvalue weighted by Crippen LogP contribution is 2.36. The number of benzene rings is 1. The highest BCUT2D eigenvalue weighted by atomic mass is 35.5. The smallest absolute Gasteiger partial charge is 0.244 e. The van der Waals surface area contributed by atoms with Crippen LogP contribution in [0.15, 0.2) is 24.3 Å². The molecule has 1 rings (SSSR count). The second-order valence-corrected chi connectivity index (χ2v) is 4.34. The Bertz CT molecular complexity index is 339. The molecule has 1 aromatic carbocycles. The first-order valence-electron chi connectivity index (χ1n) is 5.18. The Balaban J connectivity index is 3.09. The normalized spacial score (nSPS) is 17.2. The molecule has 0 aliphatic carbocycles. The molecule has 0 fully saturated rings. The van der Waals surface area contributed by atoms with Gasteiger partial charge in [0.1, 0.15) is 0 Å². The van der Waals surface area contributed by atoms with Crippen LogP contribution < -0.4 is 0 Å². The van der Waals surface area contributed by atoms with Gasteiger partial charge in [-0.3, -0.25) is 0 Å². The molecule has 0 spiro atoms. The topological polar surface area (TPSA) is 20.2 Å². The maximum absolute atomic E-state index is 12.7. The van der Waals surface area contributed by atoms with Gasteiger partial charge >= 0.3 is 0 Å². The molecule has 2 unspecified atom stereocenters. The van der Waals surface area contributed by atoms with E-state index >= 15 is 0 Å². The van der Waals surface area contributed by atoms with Gasteiger partial charge in [-0.25, -0.2) is 8.78 Å². The predicted octanol–water partition coefficient (Wildman–Crippen LogP) is 3.84. The van der Waals surface area contributed by atoms with Gasteiger partial charge in [0.25, 0.3) is 0 Å². The van der Waals surface area contributed by atoms with Crippen LogP contribution in [0.5, 0.6) is 0 Å². The van der Waals surface area contributed by atoms with Crippen molar-refractivity contribution in [3.8, 4) is 0 Å². The van der Waals surface area contributed by atoms with E-state index in [1.165, 1.54) is 6.92 Å². The van der Waals surface area contributed by atoms with Crippen molar-refractivity contribution in [3.05, 3.63) is 34.9 Å². The fourth-order valence-electron chi connectivity index (χ4n) is 1.74. The molecule has 0 bridgehead atoms.